The average molecular weight is 339 g/mol. The van der Waals surface area contributed by atoms with Crippen LogP contribution in [0.5, 0.6) is 11.5 Å². The highest BCUT2D eigenvalue weighted by molar-refractivity contribution is 6.05. The molecule has 0 atom stereocenters. The van der Waals surface area contributed by atoms with Crippen molar-refractivity contribution in [3.05, 3.63) is 53.9 Å². The van der Waals surface area contributed by atoms with E-state index in [0.29, 0.717) is 28.6 Å². The first-order valence-electron chi connectivity index (χ1n) is 7.53. The third kappa shape index (κ3) is 3.45. The van der Waals surface area contributed by atoms with Crippen molar-refractivity contribution in [3.63, 3.8) is 0 Å². The third-order valence-corrected chi connectivity index (χ3v) is 3.72. The summed E-state index contributed by atoms with van der Waals surface area (Å²) in [5.74, 6) is 1.28. The van der Waals surface area contributed by atoms with Crippen LogP contribution in [0.4, 0.5) is 5.69 Å². The molecule has 0 aliphatic rings. The van der Waals surface area contributed by atoms with Gasteiger partial charge < -0.3 is 19.2 Å². The molecule has 7 heteroatoms. The maximum absolute atomic E-state index is 12.6. The van der Waals surface area contributed by atoms with E-state index >= 15 is 0 Å². The van der Waals surface area contributed by atoms with E-state index in [1.807, 2.05) is 6.92 Å². The van der Waals surface area contributed by atoms with Gasteiger partial charge in [-0.3, -0.25) is 4.79 Å². The highest BCUT2D eigenvalue weighted by Gasteiger charge is 2.15. The minimum Gasteiger partial charge on any atom is -0.493 e. The fraction of sp³-hybridized carbons (Fsp3) is 0.167. The van der Waals surface area contributed by atoms with Crippen molar-refractivity contribution in [1.82, 2.24) is 10.2 Å². The number of rotatable bonds is 5. The van der Waals surface area contributed by atoms with Crippen molar-refractivity contribution in [2.45, 2.75) is 6.92 Å². The number of benzene rings is 2. The number of carbonyl (C=O) groups is 1. The molecule has 3 rings (SSSR count). The zero-order valence-corrected chi connectivity index (χ0v) is 14.1. The van der Waals surface area contributed by atoms with Gasteiger partial charge in [0.2, 0.25) is 12.3 Å². The van der Waals surface area contributed by atoms with Crippen LogP contribution in [0.3, 0.4) is 0 Å². The molecule has 7 nitrogen and oxygen atoms in total. The lowest BCUT2D eigenvalue weighted by atomic mass is 10.1. The fourth-order valence-electron chi connectivity index (χ4n) is 2.42. The molecule has 128 valence electrons. The second-order valence-electron chi connectivity index (χ2n) is 5.30. The predicted octanol–water partition coefficient (Wildman–Crippen LogP) is 3.31. The Morgan fingerprint density at radius 3 is 2.36 bits per heavy atom. The quantitative estimate of drug-likeness (QED) is 0.767. The van der Waals surface area contributed by atoms with Gasteiger partial charge in [0.15, 0.2) is 11.5 Å². The average Bonchev–Trinajstić information content (AvgIpc) is 3.16. The maximum Gasteiger partial charge on any atom is 0.256 e. The molecule has 0 aliphatic heterocycles. The molecule has 1 heterocycles. The molecule has 0 saturated heterocycles. The Balaban J connectivity index is 1.80. The van der Waals surface area contributed by atoms with Crippen LogP contribution in [0.25, 0.3) is 11.5 Å². The number of aromatic nitrogens is 2. The molecule has 0 bridgehead atoms. The molecule has 25 heavy (non-hydrogen) atoms. The number of amides is 1. The summed E-state index contributed by atoms with van der Waals surface area (Å²) >= 11 is 0. The molecule has 1 amide bonds. The van der Waals surface area contributed by atoms with Crippen LogP contribution in [0.1, 0.15) is 15.9 Å². The van der Waals surface area contributed by atoms with Crippen LogP contribution in [0, 0.1) is 6.92 Å². The highest BCUT2D eigenvalue weighted by Crippen LogP contribution is 2.30. The molecule has 1 N–H and O–H groups in total. The Morgan fingerprint density at radius 2 is 1.76 bits per heavy atom. The molecular weight excluding hydrogens is 322 g/mol. The second-order valence-corrected chi connectivity index (χ2v) is 5.30. The Morgan fingerprint density at radius 1 is 1.08 bits per heavy atom. The summed E-state index contributed by atoms with van der Waals surface area (Å²) in [7, 11) is 3.09. The van der Waals surface area contributed by atoms with Crippen molar-refractivity contribution in [2.75, 3.05) is 19.5 Å². The summed E-state index contributed by atoms with van der Waals surface area (Å²) in [6, 6.07) is 10.6. The lowest BCUT2D eigenvalue weighted by Gasteiger charge is -2.13. The molecule has 0 saturated carbocycles. The van der Waals surface area contributed by atoms with Gasteiger partial charge in [0.05, 0.1) is 14.2 Å². The molecule has 1 aromatic heterocycles. The van der Waals surface area contributed by atoms with E-state index in [9.17, 15) is 4.79 Å². The van der Waals surface area contributed by atoms with Crippen LogP contribution in [0.15, 0.2) is 47.2 Å². The molecular formula is C18H17N3O4. The number of ether oxygens (including phenoxy) is 2. The van der Waals surface area contributed by atoms with Crippen molar-refractivity contribution in [1.29, 1.82) is 0 Å². The lowest BCUT2D eigenvalue weighted by Crippen LogP contribution is -2.13. The van der Waals surface area contributed by atoms with Crippen molar-refractivity contribution in [3.8, 4) is 23.0 Å². The van der Waals surface area contributed by atoms with Gasteiger partial charge in [0.1, 0.15) is 0 Å². The number of aryl methyl sites for hydroxylation is 1. The fourth-order valence-corrected chi connectivity index (χ4v) is 2.42. The predicted molar refractivity (Wildman–Crippen MR) is 92.0 cm³/mol. The molecule has 2 aromatic carbocycles. The summed E-state index contributed by atoms with van der Waals surface area (Å²) in [5, 5.41) is 10.3. The van der Waals surface area contributed by atoms with Crippen LogP contribution in [-0.4, -0.2) is 30.3 Å². The van der Waals surface area contributed by atoms with Gasteiger partial charge in [-0.05, 0) is 48.9 Å². The Labute approximate surface area is 144 Å². The van der Waals surface area contributed by atoms with E-state index in [-0.39, 0.29) is 5.91 Å². The summed E-state index contributed by atoms with van der Waals surface area (Å²) in [6.45, 7) is 1.84. The number of nitrogens with zero attached hydrogens (tertiary/aromatic N) is 2. The summed E-state index contributed by atoms with van der Waals surface area (Å²) in [6.07, 6.45) is 1.27. The molecule has 3 aromatic rings. The van der Waals surface area contributed by atoms with Gasteiger partial charge >= 0.3 is 0 Å². The number of hydrogen-bond acceptors (Lipinski definition) is 6. The lowest BCUT2D eigenvalue weighted by molar-refractivity contribution is 0.102. The van der Waals surface area contributed by atoms with Crippen molar-refractivity contribution >= 4 is 11.6 Å². The van der Waals surface area contributed by atoms with Gasteiger partial charge in [-0.1, -0.05) is 0 Å². The standard InChI is InChI=1S/C18H17N3O4/c1-11-8-15(23-2)16(24-3)9-14(11)17(22)20-13-6-4-12(5-7-13)18-21-19-10-25-18/h4-10H,1-3H3,(H,20,22). The highest BCUT2D eigenvalue weighted by atomic mass is 16.5. The SMILES string of the molecule is COc1cc(C)c(C(=O)Nc2ccc(-c3nnco3)cc2)cc1OC. The van der Waals surface area contributed by atoms with Gasteiger partial charge in [0, 0.05) is 16.8 Å². The number of methoxy groups -OCH3 is 2. The van der Waals surface area contributed by atoms with Gasteiger partial charge in [0.25, 0.3) is 5.91 Å². The number of hydrogen-bond donors (Lipinski definition) is 1. The summed E-state index contributed by atoms with van der Waals surface area (Å²) in [4.78, 5) is 12.6. The van der Waals surface area contributed by atoms with E-state index in [2.05, 4.69) is 15.5 Å². The minimum absolute atomic E-state index is 0.232. The third-order valence-electron chi connectivity index (χ3n) is 3.72. The molecule has 0 spiro atoms. The Bertz CT molecular complexity index is 874. The number of nitrogens with one attached hydrogen (secondary N) is 1. The largest absolute Gasteiger partial charge is 0.493 e. The van der Waals surface area contributed by atoms with E-state index < -0.39 is 0 Å². The van der Waals surface area contributed by atoms with Gasteiger partial charge in [-0.15, -0.1) is 10.2 Å². The smallest absolute Gasteiger partial charge is 0.256 e. The van der Waals surface area contributed by atoms with Crippen LogP contribution in [0.2, 0.25) is 0 Å². The van der Waals surface area contributed by atoms with Crippen LogP contribution < -0.4 is 14.8 Å². The number of carbonyl (C=O) groups excluding carboxylic acids is 1. The Kier molecular flexibility index (Phi) is 4.65. The first kappa shape index (κ1) is 16.5. The molecule has 0 unspecified atom stereocenters. The van der Waals surface area contributed by atoms with E-state index in [1.165, 1.54) is 13.5 Å². The zero-order valence-electron chi connectivity index (χ0n) is 14.1. The van der Waals surface area contributed by atoms with Crippen LogP contribution >= 0.6 is 0 Å². The van der Waals surface area contributed by atoms with E-state index in [0.717, 1.165) is 11.1 Å². The topological polar surface area (TPSA) is 86.5 Å². The number of anilines is 1. The van der Waals surface area contributed by atoms with Crippen molar-refractivity contribution in [2.24, 2.45) is 0 Å². The Hall–Kier alpha value is -3.35. The maximum atomic E-state index is 12.6. The first-order valence-corrected chi connectivity index (χ1v) is 7.53. The molecule has 0 fully saturated rings. The molecule has 0 aliphatic carbocycles. The first-order chi connectivity index (χ1) is 12.1. The van der Waals surface area contributed by atoms with Crippen LogP contribution in [-0.2, 0) is 0 Å². The monoisotopic (exact) mass is 339 g/mol. The minimum atomic E-state index is -0.232. The normalized spacial score (nSPS) is 10.4. The van der Waals surface area contributed by atoms with Crippen molar-refractivity contribution < 1.29 is 18.7 Å². The van der Waals surface area contributed by atoms with E-state index in [1.54, 1.807) is 43.5 Å². The summed E-state index contributed by atoms with van der Waals surface area (Å²) < 4.78 is 15.6. The van der Waals surface area contributed by atoms with Gasteiger partial charge in [-0.2, -0.15) is 0 Å². The zero-order chi connectivity index (χ0) is 17.8. The second kappa shape index (κ2) is 7.04. The van der Waals surface area contributed by atoms with E-state index in [4.69, 9.17) is 13.9 Å². The molecule has 0 radical (unpaired) electrons. The summed E-state index contributed by atoms with van der Waals surface area (Å²) in [5.41, 5.74) is 2.73. The van der Waals surface area contributed by atoms with Gasteiger partial charge in [-0.25, -0.2) is 0 Å².